The third kappa shape index (κ3) is 2.89. The molecule has 1 heterocycles. The van der Waals surface area contributed by atoms with Gasteiger partial charge in [0.1, 0.15) is 17.1 Å². The van der Waals surface area contributed by atoms with Gasteiger partial charge in [-0.15, -0.1) is 0 Å². The van der Waals surface area contributed by atoms with Crippen molar-refractivity contribution in [3.63, 3.8) is 0 Å². The van der Waals surface area contributed by atoms with Gasteiger partial charge in [0.05, 0.1) is 0 Å². The van der Waals surface area contributed by atoms with E-state index in [1.165, 1.54) is 0 Å². The van der Waals surface area contributed by atoms with Crippen molar-refractivity contribution in [1.82, 2.24) is 15.1 Å². The van der Waals surface area contributed by atoms with E-state index in [2.05, 4.69) is 10.4 Å². The van der Waals surface area contributed by atoms with Crippen LogP contribution in [-0.4, -0.2) is 21.4 Å². The van der Waals surface area contributed by atoms with E-state index in [4.69, 9.17) is 0 Å². The van der Waals surface area contributed by atoms with E-state index in [1.807, 2.05) is 6.92 Å². The van der Waals surface area contributed by atoms with Gasteiger partial charge in [-0.05, 0) is 18.7 Å². The lowest BCUT2D eigenvalue weighted by Gasteiger charge is -2.10. The highest BCUT2D eigenvalue weighted by atomic mass is 19.2. The van der Waals surface area contributed by atoms with Crippen LogP contribution in [0.4, 0.5) is 13.2 Å². The number of halogens is 3. The largest absolute Gasteiger partial charge is 0.506 e. The Morgan fingerprint density at radius 3 is 2.67 bits per heavy atom. The molecule has 0 fully saturated rings. The number of benzene rings is 1. The monoisotopic (exact) mass is 299 g/mol. The number of nitrogens with one attached hydrogen (secondary N) is 1. The number of hydrogen-bond acceptors (Lipinski definition) is 4. The molecule has 0 bridgehead atoms. The van der Waals surface area contributed by atoms with Gasteiger partial charge in [-0.2, -0.15) is 9.78 Å². The molecule has 1 aromatic heterocycles. The van der Waals surface area contributed by atoms with Crippen LogP contribution in [0.25, 0.3) is 5.69 Å². The molecular formula is C13H12F3N3O2. The Hall–Kier alpha value is -2.35. The van der Waals surface area contributed by atoms with Crippen LogP contribution in [0.15, 0.2) is 23.0 Å². The smallest absolute Gasteiger partial charge is 0.275 e. The molecule has 0 saturated heterocycles. The molecule has 1 aromatic carbocycles. The van der Waals surface area contributed by atoms with E-state index >= 15 is 0 Å². The fourth-order valence-electron chi connectivity index (χ4n) is 1.70. The molecular weight excluding hydrogens is 287 g/mol. The van der Waals surface area contributed by atoms with E-state index in [0.717, 1.165) is 12.1 Å². The Morgan fingerprint density at radius 2 is 2.00 bits per heavy atom. The molecule has 5 nitrogen and oxygen atoms in total. The molecule has 2 rings (SSSR count). The van der Waals surface area contributed by atoms with E-state index < -0.39 is 28.7 Å². The lowest BCUT2D eigenvalue weighted by atomic mass is 10.2. The van der Waals surface area contributed by atoms with Crippen LogP contribution in [0.2, 0.25) is 0 Å². The molecule has 0 aliphatic heterocycles. The highest BCUT2D eigenvalue weighted by Gasteiger charge is 2.17. The van der Waals surface area contributed by atoms with Crippen molar-refractivity contribution in [3.8, 4) is 11.4 Å². The summed E-state index contributed by atoms with van der Waals surface area (Å²) in [7, 11) is 0. The Balaban J connectivity index is 2.59. The predicted molar refractivity (Wildman–Crippen MR) is 68.8 cm³/mol. The number of rotatable bonds is 4. The van der Waals surface area contributed by atoms with Crippen LogP contribution in [0.3, 0.4) is 0 Å². The van der Waals surface area contributed by atoms with Crippen molar-refractivity contribution in [3.05, 3.63) is 51.7 Å². The SMILES string of the molecule is CCNCc1nn(-c2ccc(F)c(F)c2F)c(=O)cc1O. The van der Waals surface area contributed by atoms with Gasteiger partial charge in [0.2, 0.25) is 0 Å². The fraction of sp³-hybridized carbons (Fsp3) is 0.231. The van der Waals surface area contributed by atoms with E-state index in [9.17, 15) is 23.1 Å². The van der Waals surface area contributed by atoms with Crippen molar-refractivity contribution in [2.75, 3.05) is 6.54 Å². The average Bonchev–Trinajstić information content (AvgIpc) is 2.45. The predicted octanol–water partition coefficient (Wildman–Crippen LogP) is 1.46. The molecule has 2 N–H and O–H groups in total. The molecule has 0 aliphatic rings. The Kier molecular flexibility index (Phi) is 4.27. The van der Waals surface area contributed by atoms with Gasteiger partial charge in [0.15, 0.2) is 17.5 Å². The van der Waals surface area contributed by atoms with Crippen molar-refractivity contribution in [1.29, 1.82) is 0 Å². The summed E-state index contributed by atoms with van der Waals surface area (Å²) in [5.41, 5.74) is -1.31. The van der Waals surface area contributed by atoms with E-state index in [-0.39, 0.29) is 18.0 Å². The van der Waals surface area contributed by atoms with Crippen molar-refractivity contribution in [2.45, 2.75) is 13.5 Å². The molecule has 8 heteroatoms. The first-order chi connectivity index (χ1) is 9.95. The molecule has 2 aromatic rings. The van der Waals surface area contributed by atoms with Crippen LogP contribution < -0.4 is 10.9 Å². The summed E-state index contributed by atoms with van der Waals surface area (Å²) in [4.78, 5) is 11.8. The molecule has 0 spiro atoms. The van der Waals surface area contributed by atoms with Crippen LogP contribution in [0.5, 0.6) is 5.75 Å². The molecule has 0 aliphatic carbocycles. The summed E-state index contributed by atoms with van der Waals surface area (Å²) >= 11 is 0. The molecule has 0 radical (unpaired) electrons. The summed E-state index contributed by atoms with van der Waals surface area (Å²) in [6.45, 7) is 2.54. The molecule has 0 amide bonds. The maximum Gasteiger partial charge on any atom is 0.275 e. The molecule has 21 heavy (non-hydrogen) atoms. The summed E-state index contributed by atoms with van der Waals surface area (Å²) < 4.78 is 40.4. The normalized spacial score (nSPS) is 10.9. The van der Waals surface area contributed by atoms with Gasteiger partial charge in [0, 0.05) is 12.6 Å². The second kappa shape index (κ2) is 5.96. The minimum atomic E-state index is -1.69. The van der Waals surface area contributed by atoms with Crippen LogP contribution in [-0.2, 0) is 6.54 Å². The highest BCUT2D eigenvalue weighted by molar-refractivity contribution is 5.35. The number of hydrogen-bond donors (Lipinski definition) is 2. The number of aromatic hydroxyl groups is 1. The Bertz CT molecular complexity index is 731. The third-order valence-corrected chi connectivity index (χ3v) is 2.77. The summed E-state index contributed by atoms with van der Waals surface area (Å²) in [6.07, 6.45) is 0. The van der Waals surface area contributed by atoms with E-state index in [0.29, 0.717) is 17.3 Å². The van der Waals surface area contributed by atoms with Gasteiger partial charge in [-0.3, -0.25) is 4.79 Å². The van der Waals surface area contributed by atoms with Gasteiger partial charge < -0.3 is 10.4 Å². The van der Waals surface area contributed by atoms with Gasteiger partial charge in [-0.1, -0.05) is 6.92 Å². The fourth-order valence-corrected chi connectivity index (χ4v) is 1.70. The van der Waals surface area contributed by atoms with E-state index in [1.54, 1.807) is 0 Å². The maximum atomic E-state index is 13.7. The molecule has 112 valence electrons. The second-order valence-corrected chi connectivity index (χ2v) is 4.20. The first-order valence-corrected chi connectivity index (χ1v) is 6.12. The van der Waals surface area contributed by atoms with Crippen molar-refractivity contribution < 1.29 is 18.3 Å². The third-order valence-electron chi connectivity index (χ3n) is 2.77. The van der Waals surface area contributed by atoms with Crippen LogP contribution in [0.1, 0.15) is 12.6 Å². The standard InChI is InChI=1S/C13H12F3N3O2/c1-2-17-6-8-10(20)5-11(21)19(18-8)9-4-3-7(14)12(15)13(9)16/h3-5,17,20H,2,6H2,1H3. The molecule has 0 saturated carbocycles. The number of aromatic nitrogens is 2. The van der Waals surface area contributed by atoms with Gasteiger partial charge in [0.25, 0.3) is 5.56 Å². The zero-order chi connectivity index (χ0) is 15.6. The topological polar surface area (TPSA) is 67.2 Å². The lowest BCUT2D eigenvalue weighted by molar-refractivity contribution is 0.436. The zero-order valence-corrected chi connectivity index (χ0v) is 11.0. The molecule has 0 unspecified atom stereocenters. The maximum absolute atomic E-state index is 13.7. The zero-order valence-electron chi connectivity index (χ0n) is 11.0. The second-order valence-electron chi connectivity index (χ2n) is 4.20. The highest BCUT2D eigenvalue weighted by Crippen LogP contribution is 2.18. The summed E-state index contributed by atoms with van der Waals surface area (Å²) in [5.74, 6) is -4.94. The van der Waals surface area contributed by atoms with Gasteiger partial charge in [-0.25, -0.2) is 13.2 Å². The first-order valence-electron chi connectivity index (χ1n) is 6.12. The van der Waals surface area contributed by atoms with Crippen LogP contribution >= 0.6 is 0 Å². The summed E-state index contributed by atoms with van der Waals surface area (Å²) in [6, 6.07) is 2.43. The Morgan fingerprint density at radius 1 is 1.29 bits per heavy atom. The average molecular weight is 299 g/mol. The quantitative estimate of drug-likeness (QED) is 0.839. The minimum Gasteiger partial charge on any atom is -0.506 e. The number of nitrogens with zero attached hydrogens (tertiary/aromatic N) is 2. The summed E-state index contributed by atoms with van der Waals surface area (Å²) in [5, 5.41) is 16.3. The van der Waals surface area contributed by atoms with Crippen LogP contribution in [0, 0.1) is 17.5 Å². The Labute approximate surface area is 117 Å². The minimum absolute atomic E-state index is 0.0839. The lowest BCUT2D eigenvalue weighted by Crippen LogP contribution is -2.25. The van der Waals surface area contributed by atoms with Gasteiger partial charge >= 0.3 is 0 Å². The molecule has 0 atom stereocenters. The van der Waals surface area contributed by atoms with Crippen molar-refractivity contribution >= 4 is 0 Å². The van der Waals surface area contributed by atoms with Crippen molar-refractivity contribution in [2.24, 2.45) is 0 Å². The first kappa shape index (κ1) is 15.0.